The highest BCUT2D eigenvalue weighted by atomic mass is 16.6. The van der Waals surface area contributed by atoms with Gasteiger partial charge in [0.2, 0.25) is 0 Å². The predicted molar refractivity (Wildman–Crippen MR) is 60.3 cm³/mol. The first-order chi connectivity index (χ1) is 7.75. The summed E-state index contributed by atoms with van der Waals surface area (Å²) in [5, 5.41) is 0. The minimum atomic E-state index is -0.337. The van der Waals surface area contributed by atoms with Crippen LogP contribution in [0.2, 0.25) is 0 Å². The van der Waals surface area contributed by atoms with E-state index in [2.05, 4.69) is 6.08 Å². The maximum atomic E-state index is 10.9. The molecule has 0 unspecified atom stereocenters. The van der Waals surface area contributed by atoms with Crippen molar-refractivity contribution < 1.29 is 14.3 Å². The number of para-hydroxylation sites is 2. The van der Waals surface area contributed by atoms with Crippen molar-refractivity contribution in [2.45, 2.75) is 26.2 Å². The molecule has 1 aromatic carbocycles. The number of hydrogen-bond donors (Lipinski definition) is 0. The molecule has 1 aliphatic carbocycles. The molecule has 0 heterocycles. The van der Waals surface area contributed by atoms with E-state index in [-0.39, 0.29) is 5.97 Å². The summed E-state index contributed by atoms with van der Waals surface area (Å²) in [5.74, 6) is 1.70. The van der Waals surface area contributed by atoms with Crippen molar-refractivity contribution in [3.63, 3.8) is 0 Å². The first-order valence-corrected chi connectivity index (χ1v) is 5.40. The van der Waals surface area contributed by atoms with Gasteiger partial charge in [0.05, 0.1) is 0 Å². The number of esters is 1. The summed E-state index contributed by atoms with van der Waals surface area (Å²) in [6, 6.07) is 7.20. The molecule has 0 aromatic heterocycles. The summed E-state index contributed by atoms with van der Waals surface area (Å²) in [5.41, 5.74) is 0. The summed E-state index contributed by atoms with van der Waals surface area (Å²) in [4.78, 5) is 10.9. The molecule has 0 radical (unpaired) electrons. The molecule has 0 aliphatic heterocycles. The number of rotatable bonds is 3. The van der Waals surface area contributed by atoms with Gasteiger partial charge in [-0.15, -0.1) is 0 Å². The van der Waals surface area contributed by atoms with Crippen molar-refractivity contribution in [2.24, 2.45) is 0 Å². The van der Waals surface area contributed by atoms with Gasteiger partial charge in [-0.1, -0.05) is 12.1 Å². The summed E-state index contributed by atoms with van der Waals surface area (Å²) < 4.78 is 10.8. The lowest BCUT2D eigenvalue weighted by molar-refractivity contribution is -0.132. The zero-order valence-electron chi connectivity index (χ0n) is 9.23. The second-order valence-electron chi connectivity index (χ2n) is 3.71. The Hall–Kier alpha value is -1.77. The second-order valence-corrected chi connectivity index (χ2v) is 3.71. The Morgan fingerprint density at radius 1 is 1.25 bits per heavy atom. The van der Waals surface area contributed by atoms with E-state index in [1.807, 2.05) is 12.1 Å². The van der Waals surface area contributed by atoms with E-state index in [4.69, 9.17) is 9.47 Å². The first-order valence-electron chi connectivity index (χ1n) is 5.40. The van der Waals surface area contributed by atoms with Crippen LogP contribution in [0.3, 0.4) is 0 Å². The van der Waals surface area contributed by atoms with Crippen LogP contribution in [-0.2, 0) is 4.79 Å². The van der Waals surface area contributed by atoms with Crippen LogP contribution in [0, 0.1) is 0 Å². The van der Waals surface area contributed by atoms with Crippen LogP contribution in [0.4, 0.5) is 0 Å². The summed E-state index contributed by atoms with van der Waals surface area (Å²) in [7, 11) is 0. The number of ether oxygens (including phenoxy) is 2. The van der Waals surface area contributed by atoms with Crippen molar-refractivity contribution in [1.29, 1.82) is 0 Å². The minimum absolute atomic E-state index is 0.337. The fourth-order valence-corrected chi connectivity index (χ4v) is 1.65. The molecule has 2 rings (SSSR count). The van der Waals surface area contributed by atoms with Crippen LogP contribution >= 0.6 is 0 Å². The lowest BCUT2D eigenvalue weighted by atomic mass is 10.3. The topological polar surface area (TPSA) is 35.5 Å². The van der Waals surface area contributed by atoms with Crippen LogP contribution in [-0.4, -0.2) is 5.97 Å². The number of hydrogen-bond acceptors (Lipinski definition) is 3. The van der Waals surface area contributed by atoms with E-state index in [1.165, 1.54) is 6.92 Å². The molecular formula is C13H14O3. The molecular weight excluding hydrogens is 204 g/mol. The van der Waals surface area contributed by atoms with Gasteiger partial charge in [0.15, 0.2) is 11.5 Å². The predicted octanol–water partition coefficient (Wildman–Crippen LogP) is 3.06. The Balaban J connectivity index is 2.15. The number of allylic oxidation sites excluding steroid dienone is 2. The molecule has 0 saturated heterocycles. The molecule has 3 heteroatoms. The SMILES string of the molecule is CC(=O)Oc1ccccc1OC1=CCCC1. The van der Waals surface area contributed by atoms with E-state index in [0.717, 1.165) is 25.0 Å². The average Bonchev–Trinajstić information content (AvgIpc) is 2.73. The standard InChI is InChI=1S/C13H14O3/c1-10(14)15-12-8-4-5-9-13(12)16-11-6-2-3-7-11/h4-6,8-9H,2-3,7H2,1H3. The molecule has 0 spiro atoms. The smallest absolute Gasteiger partial charge is 0.308 e. The number of benzene rings is 1. The first kappa shape index (κ1) is 10.7. The zero-order valence-corrected chi connectivity index (χ0v) is 9.23. The van der Waals surface area contributed by atoms with Crippen molar-refractivity contribution in [2.75, 3.05) is 0 Å². The molecule has 3 nitrogen and oxygen atoms in total. The maximum absolute atomic E-state index is 10.9. The Labute approximate surface area is 94.7 Å². The molecule has 0 fully saturated rings. The largest absolute Gasteiger partial charge is 0.458 e. The molecule has 0 bridgehead atoms. The van der Waals surface area contributed by atoms with Crippen LogP contribution in [0.5, 0.6) is 11.5 Å². The van der Waals surface area contributed by atoms with Crippen molar-refractivity contribution in [3.8, 4) is 11.5 Å². The Kier molecular flexibility index (Phi) is 3.25. The van der Waals surface area contributed by atoms with E-state index >= 15 is 0 Å². The van der Waals surface area contributed by atoms with E-state index in [1.54, 1.807) is 12.1 Å². The fourth-order valence-electron chi connectivity index (χ4n) is 1.65. The van der Waals surface area contributed by atoms with Crippen LogP contribution in [0.1, 0.15) is 26.2 Å². The van der Waals surface area contributed by atoms with Crippen LogP contribution in [0.25, 0.3) is 0 Å². The minimum Gasteiger partial charge on any atom is -0.458 e. The van der Waals surface area contributed by atoms with Gasteiger partial charge in [-0.3, -0.25) is 4.79 Å². The van der Waals surface area contributed by atoms with E-state index < -0.39 is 0 Å². The van der Waals surface area contributed by atoms with Gasteiger partial charge in [0.25, 0.3) is 0 Å². The summed E-state index contributed by atoms with van der Waals surface area (Å²) in [6.07, 6.45) is 5.22. The highest BCUT2D eigenvalue weighted by Crippen LogP contribution is 2.30. The monoisotopic (exact) mass is 218 g/mol. The van der Waals surface area contributed by atoms with Gasteiger partial charge < -0.3 is 9.47 Å². The number of carbonyl (C=O) groups is 1. The van der Waals surface area contributed by atoms with Gasteiger partial charge in [0, 0.05) is 13.3 Å². The average molecular weight is 218 g/mol. The zero-order chi connectivity index (χ0) is 11.4. The van der Waals surface area contributed by atoms with E-state index in [0.29, 0.717) is 11.5 Å². The molecule has 16 heavy (non-hydrogen) atoms. The van der Waals surface area contributed by atoms with Crippen LogP contribution < -0.4 is 9.47 Å². The van der Waals surface area contributed by atoms with Crippen molar-refractivity contribution in [1.82, 2.24) is 0 Å². The molecule has 84 valence electrons. The lowest BCUT2D eigenvalue weighted by Crippen LogP contribution is -2.03. The Bertz CT molecular complexity index is 421. The fraction of sp³-hybridized carbons (Fsp3) is 0.308. The third kappa shape index (κ3) is 2.63. The highest BCUT2D eigenvalue weighted by molar-refractivity contribution is 5.70. The van der Waals surface area contributed by atoms with Crippen LogP contribution in [0.15, 0.2) is 36.1 Å². The third-order valence-electron chi connectivity index (χ3n) is 2.34. The lowest BCUT2D eigenvalue weighted by Gasteiger charge is -2.10. The summed E-state index contributed by atoms with van der Waals surface area (Å²) in [6.45, 7) is 1.38. The van der Waals surface area contributed by atoms with E-state index in [9.17, 15) is 4.79 Å². The summed E-state index contributed by atoms with van der Waals surface area (Å²) >= 11 is 0. The highest BCUT2D eigenvalue weighted by Gasteiger charge is 2.11. The molecule has 0 atom stereocenters. The Morgan fingerprint density at radius 3 is 2.62 bits per heavy atom. The normalized spacial score (nSPS) is 14.4. The second kappa shape index (κ2) is 4.84. The molecule has 1 aromatic rings. The van der Waals surface area contributed by atoms with Crippen molar-refractivity contribution >= 4 is 5.97 Å². The molecule has 0 N–H and O–H groups in total. The quantitative estimate of drug-likeness (QED) is 0.577. The van der Waals surface area contributed by atoms with Gasteiger partial charge in [-0.2, -0.15) is 0 Å². The van der Waals surface area contributed by atoms with Gasteiger partial charge >= 0.3 is 5.97 Å². The van der Waals surface area contributed by atoms with Gasteiger partial charge in [-0.05, 0) is 31.1 Å². The maximum Gasteiger partial charge on any atom is 0.308 e. The van der Waals surface area contributed by atoms with Gasteiger partial charge in [-0.25, -0.2) is 0 Å². The number of carbonyl (C=O) groups excluding carboxylic acids is 1. The molecule has 1 aliphatic rings. The molecule has 0 amide bonds. The third-order valence-corrected chi connectivity index (χ3v) is 2.34. The van der Waals surface area contributed by atoms with Gasteiger partial charge in [0.1, 0.15) is 5.76 Å². The molecule has 0 saturated carbocycles. The van der Waals surface area contributed by atoms with Crippen molar-refractivity contribution in [3.05, 3.63) is 36.1 Å². The Morgan fingerprint density at radius 2 is 2.00 bits per heavy atom.